The number of nitrogens with two attached hydrogens (primary N) is 1. The van der Waals surface area contributed by atoms with Gasteiger partial charge in [0.1, 0.15) is 0 Å². The first kappa shape index (κ1) is 11.1. The highest BCUT2D eigenvalue weighted by Gasteiger charge is 2.02. The largest absolute Gasteiger partial charge is 0.389 e. The molecule has 5 heteroatoms. The zero-order chi connectivity index (χ0) is 10.2. The number of hydrogen-bond donors (Lipinski definition) is 3. The zero-order valence-corrected chi connectivity index (χ0v) is 7.89. The lowest BCUT2D eigenvalue weighted by Gasteiger charge is -2.09. The Morgan fingerprint density at radius 1 is 1.50 bits per heavy atom. The number of aromatic nitrogens is 1. The van der Waals surface area contributed by atoms with Gasteiger partial charge in [-0.1, -0.05) is 0 Å². The van der Waals surface area contributed by atoms with E-state index in [2.05, 4.69) is 15.1 Å². The fourth-order valence-electron chi connectivity index (χ4n) is 1.05. The average Bonchev–Trinajstić information content (AvgIpc) is 2.20. The molecule has 78 valence electrons. The Kier molecular flexibility index (Phi) is 5.09. The monoisotopic (exact) mass is 197 g/mol. The Labute approximate surface area is 82.9 Å². The fourth-order valence-corrected chi connectivity index (χ4v) is 1.05. The van der Waals surface area contributed by atoms with Crippen molar-refractivity contribution >= 4 is 0 Å². The van der Waals surface area contributed by atoms with Crippen molar-refractivity contribution in [3.05, 3.63) is 30.1 Å². The summed E-state index contributed by atoms with van der Waals surface area (Å²) in [5.74, 6) is 4.82. The molecule has 0 amide bonds. The molecule has 0 aliphatic carbocycles. The van der Waals surface area contributed by atoms with Crippen LogP contribution in [0.4, 0.5) is 0 Å². The van der Waals surface area contributed by atoms with Crippen LogP contribution in [0, 0.1) is 0 Å². The zero-order valence-electron chi connectivity index (χ0n) is 7.89. The Morgan fingerprint density at radius 2 is 2.21 bits per heavy atom. The van der Waals surface area contributed by atoms with Gasteiger partial charge in [0.25, 0.3) is 0 Å². The van der Waals surface area contributed by atoms with Crippen molar-refractivity contribution in [2.24, 2.45) is 5.90 Å². The van der Waals surface area contributed by atoms with Gasteiger partial charge in [0, 0.05) is 25.5 Å². The molecule has 0 bridgehead atoms. The lowest BCUT2D eigenvalue weighted by molar-refractivity contribution is 0.0367. The average molecular weight is 197 g/mol. The van der Waals surface area contributed by atoms with Gasteiger partial charge < -0.3 is 15.3 Å². The van der Waals surface area contributed by atoms with E-state index in [1.54, 1.807) is 12.4 Å². The molecule has 0 aliphatic heterocycles. The van der Waals surface area contributed by atoms with E-state index < -0.39 is 6.10 Å². The molecule has 1 aromatic rings. The van der Waals surface area contributed by atoms with Crippen LogP contribution in [-0.2, 0) is 11.4 Å². The summed E-state index contributed by atoms with van der Waals surface area (Å²) in [6.45, 7) is 1.30. The minimum Gasteiger partial charge on any atom is -0.389 e. The highest BCUT2D eigenvalue weighted by atomic mass is 16.6. The van der Waals surface area contributed by atoms with Crippen LogP contribution in [0.2, 0.25) is 0 Å². The lowest BCUT2D eigenvalue weighted by Crippen LogP contribution is -2.31. The summed E-state index contributed by atoms with van der Waals surface area (Å²) < 4.78 is 0. The number of nitrogens with one attached hydrogen (secondary N) is 1. The smallest absolute Gasteiger partial charge is 0.0951 e. The number of hydrogen-bond acceptors (Lipinski definition) is 5. The molecule has 1 rings (SSSR count). The van der Waals surface area contributed by atoms with Crippen molar-refractivity contribution in [1.29, 1.82) is 0 Å². The van der Waals surface area contributed by atoms with Gasteiger partial charge in [0.15, 0.2) is 0 Å². The minimum absolute atomic E-state index is 0.142. The number of aliphatic hydroxyl groups excluding tert-OH is 1. The summed E-state index contributed by atoms with van der Waals surface area (Å²) in [7, 11) is 0. The normalized spacial score (nSPS) is 12.7. The topological polar surface area (TPSA) is 80.4 Å². The molecule has 1 heterocycles. The van der Waals surface area contributed by atoms with E-state index >= 15 is 0 Å². The lowest BCUT2D eigenvalue weighted by atomic mass is 10.2. The minimum atomic E-state index is -0.568. The molecule has 4 N–H and O–H groups in total. The first-order valence-corrected chi connectivity index (χ1v) is 4.42. The van der Waals surface area contributed by atoms with Crippen molar-refractivity contribution in [2.75, 3.05) is 13.2 Å². The van der Waals surface area contributed by atoms with Crippen LogP contribution < -0.4 is 11.2 Å². The van der Waals surface area contributed by atoms with Crippen LogP contribution in [0.1, 0.15) is 5.56 Å². The second-order valence-corrected chi connectivity index (χ2v) is 2.97. The van der Waals surface area contributed by atoms with Gasteiger partial charge in [-0.3, -0.25) is 4.98 Å². The second-order valence-electron chi connectivity index (χ2n) is 2.97. The Balaban J connectivity index is 2.16. The van der Waals surface area contributed by atoms with Gasteiger partial charge in [-0.25, -0.2) is 5.90 Å². The van der Waals surface area contributed by atoms with Crippen molar-refractivity contribution in [1.82, 2.24) is 10.3 Å². The predicted octanol–water partition coefficient (Wildman–Crippen LogP) is -0.578. The van der Waals surface area contributed by atoms with Crippen molar-refractivity contribution < 1.29 is 9.94 Å². The molecule has 5 nitrogen and oxygen atoms in total. The van der Waals surface area contributed by atoms with Crippen molar-refractivity contribution in [3.8, 4) is 0 Å². The molecule has 0 spiro atoms. The van der Waals surface area contributed by atoms with E-state index in [0.29, 0.717) is 13.1 Å². The molecule has 0 radical (unpaired) electrons. The molecule has 0 fully saturated rings. The van der Waals surface area contributed by atoms with Gasteiger partial charge in [-0.05, 0) is 17.7 Å². The highest BCUT2D eigenvalue weighted by Crippen LogP contribution is 1.94. The molecule has 0 saturated carbocycles. The summed E-state index contributed by atoms with van der Waals surface area (Å²) in [5, 5.41) is 12.3. The van der Waals surface area contributed by atoms with Gasteiger partial charge >= 0.3 is 0 Å². The summed E-state index contributed by atoms with van der Waals surface area (Å²) in [4.78, 5) is 8.21. The summed E-state index contributed by atoms with van der Waals surface area (Å²) >= 11 is 0. The van der Waals surface area contributed by atoms with Crippen LogP contribution in [-0.4, -0.2) is 29.3 Å². The summed E-state index contributed by atoms with van der Waals surface area (Å²) in [6, 6.07) is 3.83. The van der Waals surface area contributed by atoms with E-state index in [9.17, 15) is 5.11 Å². The van der Waals surface area contributed by atoms with E-state index in [-0.39, 0.29) is 6.61 Å². The quantitative estimate of drug-likeness (QED) is 0.532. The van der Waals surface area contributed by atoms with E-state index in [4.69, 9.17) is 5.90 Å². The van der Waals surface area contributed by atoms with Crippen LogP contribution in [0.5, 0.6) is 0 Å². The van der Waals surface area contributed by atoms with Crippen LogP contribution in [0.25, 0.3) is 0 Å². The third kappa shape index (κ3) is 4.29. The Hall–Kier alpha value is -1.01. The van der Waals surface area contributed by atoms with Gasteiger partial charge in [-0.2, -0.15) is 0 Å². The molecule has 14 heavy (non-hydrogen) atoms. The predicted molar refractivity (Wildman–Crippen MR) is 52.1 cm³/mol. The molecule has 1 unspecified atom stereocenters. The van der Waals surface area contributed by atoms with Crippen molar-refractivity contribution in [2.45, 2.75) is 12.6 Å². The molecule has 1 aromatic heterocycles. The molecule has 0 saturated heterocycles. The van der Waals surface area contributed by atoms with Crippen LogP contribution in [0.15, 0.2) is 24.5 Å². The third-order valence-corrected chi connectivity index (χ3v) is 1.75. The van der Waals surface area contributed by atoms with Gasteiger partial charge in [-0.15, -0.1) is 0 Å². The van der Waals surface area contributed by atoms with E-state index in [1.165, 1.54) is 0 Å². The Bertz CT molecular complexity index is 243. The molecular weight excluding hydrogens is 182 g/mol. The first-order valence-electron chi connectivity index (χ1n) is 4.42. The third-order valence-electron chi connectivity index (χ3n) is 1.75. The van der Waals surface area contributed by atoms with E-state index in [0.717, 1.165) is 5.56 Å². The maximum Gasteiger partial charge on any atom is 0.0951 e. The number of pyridine rings is 1. The maximum atomic E-state index is 9.25. The molecule has 1 atom stereocenters. The summed E-state index contributed by atoms with van der Waals surface area (Å²) in [5.41, 5.74) is 1.13. The highest BCUT2D eigenvalue weighted by molar-refractivity contribution is 5.08. The van der Waals surface area contributed by atoms with Gasteiger partial charge in [0.2, 0.25) is 0 Å². The molecular formula is C9H15N3O2. The molecule has 0 aromatic carbocycles. The number of rotatable bonds is 6. The fraction of sp³-hybridized carbons (Fsp3) is 0.444. The van der Waals surface area contributed by atoms with E-state index in [1.807, 2.05) is 12.1 Å². The van der Waals surface area contributed by atoms with Crippen LogP contribution >= 0.6 is 0 Å². The second kappa shape index (κ2) is 6.44. The SMILES string of the molecule is NOCC(O)CNCc1ccncc1. The van der Waals surface area contributed by atoms with Crippen LogP contribution in [0.3, 0.4) is 0 Å². The number of nitrogens with zero attached hydrogens (tertiary/aromatic N) is 1. The maximum absolute atomic E-state index is 9.25. The standard InChI is InChI=1S/C9H15N3O2/c10-14-7-9(13)6-12-5-8-1-3-11-4-2-8/h1-4,9,12-13H,5-7,10H2. The van der Waals surface area contributed by atoms with Crippen molar-refractivity contribution in [3.63, 3.8) is 0 Å². The number of aliphatic hydroxyl groups is 1. The molecule has 0 aliphatic rings. The Morgan fingerprint density at radius 3 is 2.86 bits per heavy atom. The summed E-state index contributed by atoms with van der Waals surface area (Å²) in [6.07, 6.45) is 2.90. The first-order chi connectivity index (χ1) is 6.83. The van der Waals surface area contributed by atoms with Gasteiger partial charge in [0.05, 0.1) is 12.7 Å².